The highest BCUT2D eigenvalue weighted by Gasteiger charge is 2.19. The van der Waals surface area contributed by atoms with E-state index in [1.165, 1.54) is 6.08 Å². The van der Waals surface area contributed by atoms with Crippen molar-refractivity contribution in [1.29, 1.82) is 0 Å². The van der Waals surface area contributed by atoms with Crippen molar-refractivity contribution < 1.29 is 9.59 Å². The minimum absolute atomic E-state index is 0.179. The first-order valence-electron chi connectivity index (χ1n) is 7.99. The van der Waals surface area contributed by atoms with Crippen LogP contribution < -0.4 is 5.32 Å². The summed E-state index contributed by atoms with van der Waals surface area (Å²) >= 11 is 6.12. The SMILES string of the molecule is CC(NC(=O)/C=C/c1ccccc1)C(=O)N(C)Cc1ccccc1Cl. The van der Waals surface area contributed by atoms with Crippen molar-refractivity contribution in [2.45, 2.75) is 19.5 Å². The van der Waals surface area contributed by atoms with Gasteiger partial charge in [-0.25, -0.2) is 0 Å². The highest BCUT2D eigenvalue weighted by atomic mass is 35.5. The van der Waals surface area contributed by atoms with E-state index in [0.717, 1.165) is 11.1 Å². The molecule has 1 atom stereocenters. The topological polar surface area (TPSA) is 49.4 Å². The molecular weight excluding hydrogens is 336 g/mol. The third kappa shape index (κ3) is 5.76. The monoisotopic (exact) mass is 356 g/mol. The molecule has 2 amide bonds. The van der Waals surface area contributed by atoms with E-state index < -0.39 is 6.04 Å². The molecule has 2 aromatic rings. The van der Waals surface area contributed by atoms with Gasteiger partial charge in [0.2, 0.25) is 11.8 Å². The molecule has 5 heteroatoms. The number of hydrogen-bond donors (Lipinski definition) is 1. The number of carbonyl (C=O) groups excluding carboxylic acids is 2. The van der Waals surface area contributed by atoms with Gasteiger partial charge in [-0.3, -0.25) is 9.59 Å². The van der Waals surface area contributed by atoms with Crippen LogP contribution in [0.25, 0.3) is 6.08 Å². The van der Waals surface area contributed by atoms with Gasteiger partial charge in [-0.2, -0.15) is 0 Å². The van der Waals surface area contributed by atoms with Crippen LogP contribution in [0, 0.1) is 0 Å². The standard InChI is InChI=1S/C20H21ClN2O2/c1-15(22-19(24)13-12-16-8-4-3-5-9-16)20(25)23(2)14-17-10-6-7-11-18(17)21/h3-13,15H,14H2,1-2H3,(H,22,24)/b13-12+. The Kier molecular flexibility index (Phi) is 6.78. The van der Waals surface area contributed by atoms with E-state index in [-0.39, 0.29) is 11.8 Å². The van der Waals surface area contributed by atoms with Crippen LogP contribution in [0.5, 0.6) is 0 Å². The van der Waals surface area contributed by atoms with Crippen molar-refractivity contribution >= 4 is 29.5 Å². The number of rotatable bonds is 6. The Morgan fingerprint density at radius 1 is 1.12 bits per heavy atom. The molecule has 2 rings (SSSR count). The first-order chi connectivity index (χ1) is 12.0. The number of nitrogens with zero attached hydrogens (tertiary/aromatic N) is 1. The summed E-state index contributed by atoms with van der Waals surface area (Å²) in [5.74, 6) is -0.489. The van der Waals surface area contributed by atoms with E-state index in [1.54, 1.807) is 31.0 Å². The Bertz CT molecular complexity index is 759. The first kappa shape index (κ1) is 18.7. The number of hydrogen-bond acceptors (Lipinski definition) is 2. The molecule has 2 aromatic carbocycles. The lowest BCUT2D eigenvalue weighted by Crippen LogP contribution is -2.44. The third-order valence-corrected chi connectivity index (χ3v) is 4.07. The minimum atomic E-state index is -0.625. The number of likely N-dealkylation sites (N-methyl/N-ethyl adjacent to an activating group) is 1. The normalized spacial score (nSPS) is 12.0. The molecule has 130 valence electrons. The quantitative estimate of drug-likeness (QED) is 0.805. The lowest BCUT2D eigenvalue weighted by molar-refractivity contribution is -0.134. The van der Waals surface area contributed by atoms with Crippen LogP contribution in [0.1, 0.15) is 18.1 Å². The molecule has 0 heterocycles. The lowest BCUT2D eigenvalue weighted by Gasteiger charge is -2.22. The summed E-state index contributed by atoms with van der Waals surface area (Å²) in [4.78, 5) is 25.9. The van der Waals surface area contributed by atoms with Gasteiger partial charge in [0.15, 0.2) is 0 Å². The summed E-state index contributed by atoms with van der Waals surface area (Å²) < 4.78 is 0. The summed E-state index contributed by atoms with van der Waals surface area (Å²) in [6.45, 7) is 2.05. The van der Waals surface area contributed by atoms with Crippen LogP contribution in [0.2, 0.25) is 5.02 Å². The second-order valence-corrected chi connectivity index (χ2v) is 6.17. The molecule has 4 nitrogen and oxygen atoms in total. The lowest BCUT2D eigenvalue weighted by atomic mass is 10.2. The summed E-state index contributed by atoms with van der Waals surface area (Å²) in [7, 11) is 1.69. The molecule has 0 spiro atoms. The van der Waals surface area contributed by atoms with Gasteiger partial charge < -0.3 is 10.2 Å². The van der Waals surface area contributed by atoms with Gasteiger partial charge in [-0.1, -0.05) is 60.1 Å². The molecular formula is C20H21ClN2O2. The summed E-state index contributed by atoms with van der Waals surface area (Å²) in [5, 5.41) is 3.30. The smallest absolute Gasteiger partial charge is 0.244 e. The zero-order valence-corrected chi connectivity index (χ0v) is 15.0. The molecule has 0 bridgehead atoms. The molecule has 1 N–H and O–H groups in total. The number of amides is 2. The number of benzene rings is 2. The van der Waals surface area contributed by atoms with Crippen LogP contribution >= 0.6 is 11.6 Å². The van der Waals surface area contributed by atoms with Gasteiger partial charge in [0.1, 0.15) is 6.04 Å². The van der Waals surface area contributed by atoms with Crippen molar-refractivity contribution in [3.05, 3.63) is 76.8 Å². The van der Waals surface area contributed by atoms with Crippen LogP contribution in [0.4, 0.5) is 0 Å². The molecule has 0 fully saturated rings. The fourth-order valence-corrected chi connectivity index (χ4v) is 2.55. The van der Waals surface area contributed by atoms with Crippen LogP contribution in [0.3, 0.4) is 0 Å². The molecule has 0 aliphatic rings. The maximum Gasteiger partial charge on any atom is 0.244 e. The molecule has 0 aromatic heterocycles. The number of halogens is 1. The average Bonchev–Trinajstić information content (AvgIpc) is 2.62. The number of nitrogens with one attached hydrogen (secondary N) is 1. The zero-order chi connectivity index (χ0) is 18.2. The predicted molar refractivity (Wildman–Crippen MR) is 101 cm³/mol. The van der Waals surface area contributed by atoms with Crippen LogP contribution in [-0.4, -0.2) is 29.8 Å². The molecule has 0 radical (unpaired) electrons. The highest BCUT2D eigenvalue weighted by Crippen LogP contribution is 2.16. The average molecular weight is 357 g/mol. The summed E-state index contributed by atoms with van der Waals surface area (Å²) in [6.07, 6.45) is 3.13. The highest BCUT2D eigenvalue weighted by molar-refractivity contribution is 6.31. The fourth-order valence-electron chi connectivity index (χ4n) is 2.35. The maximum atomic E-state index is 12.4. The van der Waals surface area contributed by atoms with E-state index in [4.69, 9.17) is 11.6 Å². The second kappa shape index (κ2) is 9.04. The Labute approximate surface area is 153 Å². The third-order valence-electron chi connectivity index (χ3n) is 3.70. The van der Waals surface area contributed by atoms with Gasteiger partial charge >= 0.3 is 0 Å². The van der Waals surface area contributed by atoms with Crippen LogP contribution in [-0.2, 0) is 16.1 Å². The van der Waals surface area contributed by atoms with Crippen LogP contribution in [0.15, 0.2) is 60.7 Å². The Morgan fingerprint density at radius 2 is 1.76 bits per heavy atom. The van der Waals surface area contributed by atoms with Gasteiger partial charge in [0.25, 0.3) is 0 Å². The molecule has 25 heavy (non-hydrogen) atoms. The summed E-state index contributed by atoms with van der Waals surface area (Å²) in [5.41, 5.74) is 1.79. The van der Waals surface area contributed by atoms with Crippen molar-refractivity contribution in [2.75, 3.05) is 7.05 Å². The zero-order valence-electron chi connectivity index (χ0n) is 14.3. The van der Waals surface area contributed by atoms with Gasteiger partial charge in [-0.15, -0.1) is 0 Å². The van der Waals surface area contributed by atoms with Crippen molar-refractivity contribution in [3.8, 4) is 0 Å². The van der Waals surface area contributed by atoms with E-state index >= 15 is 0 Å². The Balaban J connectivity index is 1.89. The molecule has 1 unspecified atom stereocenters. The van der Waals surface area contributed by atoms with Gasteiger partial charge in [0.05, 0.1) is 0 Å². The Hall–Kier alpha value is -2.59. The molecule has 0 aliphatic heterocycles. The largest absolute Gasteiger partial charge is 0.341 e. The fraction of sp³-hybridized carbons (Fsp3) is 0.200. The van der Waals surface area contributed by atoms with Gasteiger partial charge in [0, 0.05) is 24.7 Å². The first-order valence-corrected chi connectivity index (χ1v) is 8.37. The second-order valence-electron chi connectivity index (χ2n) is 5.76. The van der Waals surface area contributed by atoms with E-state index in [1.807, 2.05) is 48.5 Å². The van der Waals surface area contributed by atoms with E-state index in [9.17, 15) is 9.59 Å². The minimum Gasteiger partial charge on any atom is -0.341 e. The van der Waals surface area contributed by atoms with E-state index in [0.29, 0.717) is 11.6 Å². The van der Waals surface area contributed by atoms with Crippen molar-refractivity contribution in [2.24, 2.45) is 0 Å². The molecule has 0 aliphatic carbocycles. The van der Waals surface area contributed by atoms with Crippen molar-refractivity contribution in [3.63, 3.8) is 0 Å². The number of carbonyl (C=O) groups is 2. The predicted octanol–water partition coefficient (Wildman–Crippen LogP) is 3.52. The molecule has 0 saturated carbocycles. The maximum absolute atomic E-state index is 12.4. The van der Waals surface area contributed by atoms with E-state index in [2.05, 4.69) is 5.32 Å². The Morgan fingerprint density at radius 3 is 2.44 bits per heavy atom. The van der Waals surface area contributed by atoms with Crippen molar-refractivity contribution in [1.82, 2.24) is 10.2 Å². The van der Waals surface area contributed by atoms with Gasteiger partial charge in [-0.05, 0) is 30.2 Å². The molecule has 0 saturated heterocycles. The summed E-state index contributed by atoms with van der Waals surface area (Å²) in [6, 6.07) is 16.3.